The van der Waals surface area contributed by atoms with Crippen LogP contribution in [-0.4, -0.2) is 64.1 Å². The molecule has 4 rings (SSSR count). The fraction of sp³-hybridized carbons (Fsp3) is 0.304. The molecule has 1 aromatic heterocycles. The lowest BCUT2D eigenvalue weighted by molar-refractivity contribution is -0.135. The Hall–Kier alpha value is -3.17. The molecule has 168 valence electrons. The molecule has 1 saturated heterocycles. The lowest BCUT2D eigenvalue weighted by Gasteiger charge is -2.34. The molecule has 0 aliphatic carbocycles. The topological polar surface area (TPSA) is 92.9 Å². The smallest absolute Gasteiger partial charge is 0.248 e. The first-order valence-electron chi connectivity index (χ1n) is 10.3. The summed E-state index contributed by atoms with van der Waals surface area (Å²) >= 11 is 0. The Bertz CT molecular complexity index is 1180. The molecule has 32 heavy (non-hydrogen) atoms. The van der Waals surface area contributed by atoms with Crippen molar-refractivity contribution >= 4 is 21.6 Å². The number of hydrogen-bond acceptors (Lipinski definition) is 7. The highest BCUT2D eigenvalue weighted by Gasteiger charge is 2.33. The third-order valence-corrected chi connectivity index (χ3v) is 7.04. The minimum absolute atomic E-state index is 0.0213. The Morgan fingerprint density at radius 3 is 2.31 bits per heavy atom. The van der Waals surface area contributed by atoms with Crippen molar-refractivity contribution < 1.29 is 22.4 Å². The van der Waals surface area contributed by atoms with E-state index in [2.05, 4.69) is 4.98 Å². The zero-order chi connectivity index (χ0) is 22.7. The summed E-state index contributed by atoms with van der Waals surface area (Å²) in [5, 5.41) is -0.115. The molecule has 2 aromatic carbocycles. The Balaban J connectivity index is 1.71. The van der Waals surface area contributed by atoms with Gasteiger partial charge in [-0.2, -0.15) is 4.98 Å². The number of nitrogens with zero attached hydrogens (tertiary/aromatic N) is 3. The van der Waals surface area contributed by atoms with Crippen LogP contribution in [0.25, 0.3) is 11.5 Å². The highest BCUT2D eigenvalue weighted by atomic mass is 32.2. The summed E-state index contributed by atoms with van der Waals surface area (Å²) in [5.41, 5.74) is 1.77. The molecule has 2 heterocycles. The van der Waals surface area contributed by atoms with E-state index in [-0.39, 0.29) is 34.2 Å². The van der Waals surface area contributed by atoms with E-state index >= 15 is 0 Å². The molecule has 0 spiro atoms. The summed E-state index contributed by atoms with van der Waals surface area (Å²) in [5.74, 6) is 0.345. The van der Waals surface area contributed by atoms with E-state index < -0.39 is 9.84 Å². The molecule has 0 saturated carbocycles. The van der Waals surface area contributed by atoms with Crippen LogP contribution in [0.1, 0.15) is 5.56 Å². The Labute approximate surface area is 187 Å². The van der Waals surface area contributed by atoms with Crippen LogP contribution in [0.4, 0.5) is 5.88 Å². The van der Waals surface area contributed by atoms with Crippen LogP contribution >= 0.6 is 0 Å². The minimum Gasteiger partial charge on any atom is -0.419 e. The van der Waals surface area contributed by atoms with Crippen molar-refractivity contribution in [1.29, 1.82) is 0 Å². The maximum absolute atomic E-state index is 13.4. The molecule has 1 amide bonds. The molecule has 8 nitrogen and oxygen atoms in total. The van der Waals surface area contributed by atoms with Crippen molar-refractivity contribution in [2.45, 2.75) is 16.8 Å². The lowest BCUT2D eigenvalue weighted by Crippen LogP contribution is -2.49. The van der Waals surface area contributed by atoms with Gasteiger partial charge in [-0.05, 0) is 31.2 Å². The monoisotopic (exact) mass is 455 g/mol. The summed E-state index contributed by atoms with van der Waals surface area (Å²) in [4.78, 5) is 20.2. The summed E-state index contributed by atoms with van der Waals surface area (Å²) < 4.78 is 37.8. The molecule has 0 atom stereocenters. The third-order valence-electron chi connectivity index (χ3n) is 5.37. The van der Waals surface area contributed by atoms with E-state index in [1.807, 2.05) is 36.1 Å². The van der Waals surface area contributed by atoms with Gasteiger partial charge in [0, 0.05) is 38.9 Å². The van der Waals surface area contributed by atoms with Gasteiger partial charge in [0.2, 0.25) is 32.5 Å². The van der Waals surface area contributed by atoms with Crippen molar-refractivity contribution in [1.82, 2.24) is 9.88 Å². The van der Waals surface area contributed by atoms with E-state index in [1.54, 1.807) is 35.2 Å². The number of benzene rings is 2. The minimum atomic E-state index is -3.90. The normalized spacial score (nSPS) is 14.6. The molecule has 1 fully saturated rings. The second-order valence-electron chi connectivity index (χ2n) is 7.61. The maximum atomic E-state index is 13.4. The standard InChI is InChI=1S/C23H25N3O5S/c1-17-8-10-18(11-9-17)21-24-22(32(28,29)19-6-4-3-5-7-19)23(31-21)26-14-12-25(13-15-26)20(27)16-30-2/h3-11H,12-16H2,1-2H3. The number of aryl methyl sites for hydroxylation is 1. The van der Waals surface area contributed by atoms with Gasteiger partial charge in [0.1, 0.15) is 6.61 Å². The van der Waals surface area contributed by atoms with Gasteiger partial charge in [-0.15, -0.1) is 0 Å². The summed E-state index contributed by atoms with van der Waals surface area (Å²) in [7, 11) is -2.42. The van der Waals surface area contributed by atoms with Gasteiger partial charge in [-0.3, -0.25) is 4.79 Å². The molecule has 0 bridgehead atoms. The number of oxazole rings is 1. The van der Waals surface area contributed by atoms with Crippen LogP contribution in [-0.2, 0) is 19.4 Å². The highest BCUT2D eigenvalue weighted by Crippen LogP contribution is 2.35. The van der Waals surface area contributed by atoms with Crippen molar-refractivity contribution in [2.75, 3.05) is 44.8 Å². The van der Waals surface area contributed by atoms with Crippen LogP contribution in [0.15, 0.2) is 68.9 Å². The van der Waals surface area contributed by atoms with Crippen molar-refractivity contribution in [3.63, 3.8) is 0 Å². The van der Waals surface area contributed by atoms with Crippen LogP contribution < -0.4 is 4.90 Å². The average Bonchev–Trinajstić information content (AvgIpc) is 3.27. The van der Waals surface area contributed by atoms with E-state index in [4.69, 9.17) is 9.15 Å². The second kappa shape index (κ2) is 9.13. The lowest BCUT2D eigenvalue weighted by atomic mass is 10.1. The number of ether oxygens (including phenoxy) is 1. The first kappa shape index (κ1) is 22.0. The molecule has 1 aliphatic heterocycles. The molecule has 3 aromatic rings. The predicted octanol–water partition coefficient (Wildman–Crippen LogP) is 2.78. The zero-order valence-corrected chi connectivity index (χ0v) is 18.8. The van der Waals surface area contributed by atoms with Gasteiger partial charge in [-0.1, -0.05) is 35.9 Å². The van der Waals surface area contributed by atoms with Crippen LogP contribution in [0, 0.1) is 6.92 Å². The van der Waals surface area contributed by atoms with E-state index in [1.165, 1.54) is 7.11 Å². The second-order valence-corrected chi connectivity index (χ2v) is 9.48. The Kier molecular flexibility index (Phi) is 6.29. The molecular weight excluding hydrogens is 430 g/mol. The number of carbonyl (C=O) groups is 1. The fourth-order valence-electron chi connectivity index (χ4n) is 3.58. The molecular formula is C23H25N3O5S. The Morgan fingerprint density at radius 2 is 1.69 bits per heavy atom. The first-order chi connectivity index (χ1) is 15.4. The molecule has 1 aliphatic rings. The largest absolute Gasteiger partial charge is 0.419 e. The number of hydrogen-bond donors (Lipinski definition) is 0. The van der Waals surface area contributed by atoms with E-state index in [0.29, 0.717) is 31.7 Å². The third kappa shape index (κ3) is 4.39. The SMILES string of the molecule is COCC(=O)N1CCN(c2oc(-c3ccc(C)cc3)nc2S(=O)(=O)c2ccccc2)CC1. The van der Waals surface area contributed by atoms with Gasteiger partial charge < -0.3 is 19.0 Å². The average molecular weight is 456 g/mol. The van der Waals surface area contributed by atoms with Crippen LogP contribution in [0.2, 0.25) is 0 Å². The number of carbonyl (C=O) groups excluding carboxylic acids is 1. The van der Waals surface area contributed by atoms with E-state index in [9.17, 15) is 13.2 Å². The molecule has 0 N–H and O–H groups in total. The number of sulfone groups is 1. The fourth-order valence-corrected chi connectivity index (χ4v) is 4.92. The number of aromatic nitrogens is 1. The van der Waals surface area contributed by atoms with Gasteiger partial charge in [-0.25, -0.2) is 8.42 Å². The number of rotatable bonds is 6. The van der Waals surface area contributed by atoms with Crippen molar-refractivity contribution in [2.24, 2.45) is 0 Å². The quantitative estimate of drug-likeness (QED) is 0.564. The number of methoxy groups -OCH3 is 1. The highest BCUT2D eigenvalue weighted by molar-refractivity contribution is 7.91. The predicted molar refractivity (Wildman–Crippen MR) is 119 cm³/mol. The van der Waals surface area contributed by atoms with Gasteiger partial charge in [0.05, 0.1) is 4.90 Å². The van der Waals surface area contributed by atoms with Crippen molar-refractivity contribution in [3.05, 3.63) is 60.2 Å². The molecule has 0 radical (unpaired) electrons. The van der Waals surface area contributed by atoms with Crippen LogP contribution in [0.3, 0.4) is 0 Å². The molecule has 0 unspecified atom stereocenters. The number of anilines is 1. The number of piperazine rings is 1. The van der Waals surface area contributed by atoms with Crippen molar-refractivity contribution in [3.8, 4) is 11.5 Å². The Morgan fingerprint density at radius 1 is 1.03 bits per heavy atom. The maximum Gasteiger partial charge on any atom is 0.248 e. The zero-order valence-electron chi connectivity index (χ0n) is 18.0. The first-order valence-corrected chi connectivity index (χ1v) is 11.8. The van der Waals surface area contributed by atoms with E-state index in [0.717, 1.165) is 5.56 Å². The number of amides is 1. The van der Waals surface area contributed by atoms with Crippen LogP contribution in [0.5, 0.6) is 0 Å². The summed E-state index contributed by atoms with van der Waals surface area (Å²) in [6.45, 7) is 3.72. The molecule has 9 heteroatoms. The van der Waals surface area contributed by atoms with Gasteiger partial charge >= 0.3 is 0 Å². The summed E-state index contributed by atoms with van der Waals surface area (Å²) in [6.07, 6.45) is 0. The van der Waals surface area contributed by atoms with Gasteiger partial charge in [0.15, 0.2) is 0 Å². The summed E-state index contributed by atoms with van der Waals surface area (Å²) in [6, 6.07) is 15.7. The van der Waals surface area contributed by atoms with Gasteiger partial charge in [0.25, 0.3) is 0 Å².